The van der Waals surface area contributed by atoms with Crippen molar-refractivity contribution in [2.45, 2.75) is 62.7 Å². The molecule has 0 spiro atoms. The Kier molecular flexibility index (Phi) is 13.9. The molecule has 33 heavy (non-hydrogen) atoms. The van der Waals surface area contributed by atoms with Gasteiger partial charge in [-0.3, -0.25) is 24.0 Å². The third-order valence-corrected chi connectivity index (χ3v) is 4.42. The number of hydrogen-bond donors (Lipinski definition) is 9. The molecule has 12 N–H and O–H groups in total. The zero-order chi connectivity index (χ0) is 25.6. The number of hydrogen-bond acceptors (Lipinski definition) is 9. The number of carbonyl (C=O) groups excluding carboxylic acids is 4. The number of nitrogens with two attached hydrogens (primary N) is 3. The van der Waals surface area contributed by atoms with Crippen molar-refractivity contribution in [1.29, 1.82) is 0 Å². The van der Waals surface area contributed by atoms with Gasteiger partial charge in [-0.15, -0.1) is 0 Å². The number of carboxylic acids is 2. The van der Waals surface area contributed by atoms with Gasteiger partial charge in [0.2, 0.25) is 23.6 Å². The summed E-state index contributed by atoms with van der Waals surface area (Å²) in [7, 11) is 0. The van der Waals surface area contributed by atoms with Crippen molar-refractivity contribution in [2.75, 3.05) is 13.2 Å². The van der Waals surface area contributed by atoms with Gasteiger partial charge in [0.1, 0.15) is 18.1 Å². The van der Waals surface area contributed by atoms with Crippen LogP contribution >= 0.6 is 0 Å². The number of carbonyl (C=O) groups is 6. The summed E-state index contributed by atoms with van der Waals surface area (Å²) in [5, 5.41) is 33.5. The maximum absolute atomic E-state index is 12.8. The van der Waals surface area contributed by atoms with E-state index in [4.69, 9.17) is 32.5 Å². The Hall–Kier alpha value is -3.30. The lowest BCUT2D eigenvalue weighted by Crippen LogP contribution is -2.57. The van der Waals surface area contributed by atoms with Gasteiger partial charge in [0.15, 0.2) is 0 Å². The zero-order valence-electron chi connectivity index (χ0n) is 18.0. The van der Waals surface area contributed by atoms with Crippen LogP contribution < -0.4 is 33.2 Å². The Balaban J connectivity index is 5.49. The minimum Gasteiger partial charge on any atom is -0.481 e. The number of aliphatic carboxylic acids is 2. The average Bonchev–Trinajstić information content (AvgIpc) is 2.72. The Morgan fingerprint density at radius 3 is 1.76 bits per heavy atom. The van der Waals surface area contributed by atoms with Gasteiger partial charge < -0.3 is 48.5 Å². The fourth-order valence-corrected chi connectivity index (χ4v) is 2.61. The van der Waals surface area contributed by atoms with Gasteiger partial charge in [-0.05, 0) is 32.2 Å². The van der Waals surface area contributed by atoms with Gasteiger partial charge in [0.05, 0.1) is 19.1 Å². The van der Waals surface area contributed by atoms with Crippen LogP contribution in [0.15, 0.2) is 0 Å². The van der Waals surface area contributed by atoms with E-state index in [1.165, 1.54) is 0 Å². The van der Waals surface area contributed by atoms with Crippen molar-refractivity contribution in [3.8, 4) is 0 Å². The van der Waals surface area contributed by atoms with Gasteiger partial charge in [0.25, 0.3) is 0 Å². The highest BCUT2D eigenvalue weighted by Crippen LogP contribution is 2.05. The topological polar surface area (TPSA) is 277 Å². The average molecular weight is 476 g/mol. The van der Waals surface area contributed by atoms with Crippen LogP contribution in [0.25, 0.3) is 0 Å². The molecule has 0 aliphatic heterocycles. The van der Waals surface area contributed by atoms with Crippen molar-refractivity contribution in [3.05, 3.63) is 0 Å². The van der Waals surface area contributed by atoms with Crippen LogP contribution in [-0.4, -0.2) is 88.2 Å². The summed E-state index contributed by atoms with van der Waals surface area (Å²) in [6.07, 6.45) is -0.316. The number of amides is 4. The van der Waals surface area contributed by atoms with E-state index in [9.17, 15) is 28.8 Å². The molecule has 188 valence electrons. The van der Waals surface area contributed by atoms with E-state index in [0.29, 0.717) is 19.4 Å². The number of aliphatic hydroxyl groups is 1. The lowest BCUT2D eigenvalue weighted by atomic mass is 10.0. The number of aliphatic hydroxyl groups excluding tert-OH is 1. The summed E-state index contributed by atoms with van der Waals surface area (Å²) >= 11 is 0. The highest BCUT2D eigenvalue weighted by atomic mass is 16.4. The monoisotopic (exact) mass is 476 g/mol. The Morgan fingerprint density at radius 2 is 1.30 bits per heavy atom. The molecule has 0 heterocycles. The van der Waals surface area contributed by atoms with Gasteiger partial charge >= 0.3 is 11.9 Å². The predicted molar refractivity (Wildman–Crippen MR) is 112 cm³/mol. The summed E-state index contributed by atoms with van der Waals surface area (Å²) in [5.74, 6) is -6.39. The van der Waals surface area contributed by atoms with E-state index in [1.54, 1.807) is 0 Å². The van der Waals surface area contributed by atoms with Crippen molar-refractivity contribution in [2.24, 2.45) is 17.2 Å². The molecule has 0 aromatic carbocycles. The highest BCUT2D eigenvalue weighted by Gasteiger charge is 2.30. The van der Waals surface area contributed by atoms with Crippen molar-refractivity contribution in [1.82, 2.24) is 16.0 Å². The molecule has 0 rings (SSSR count). The van der Waals surface area contributed by atoms with Crippen LogP contribution in [0, 0.1) is 0 Å². The first-order chi connectivity index (χ1) is 15.4. The molecule has 0 fully saturated rings. The maximum Gasteiger partial charge on any atom is 0.328 e. The van der Waals surface area contributed by atoms with Gasteiger partial charge in [-0.2, -0.15) is 0 Å². The second-order valence-corrected chi connectivity index (χ2v) is 7.20. The first-order valence-corrected chi connectivity index (χ1v) is 10.1. The summed E-state index contributed by atoms with van der Waals surface area (Å²) in [5.41, 5.74) is 16.0. The zero-order valence-corrected chi connectivity index (χ0v) is 18.0. The van der Waals surface area contributed by atoms with Crippen molar-refractivity contribution < 1.29 is 44.1 Å². The molecule has 0 aromatic rings. The van der Waals surface area contributed by atoms with Crippen LogP contribution in [0.2, 0.25) is 0 Å². The Bertz CT molecular complexity index is 718. The summed E-state index contributed by atoms with van der Waals surface area (Å²) in [6, 6.07) is -5.72. The third kappa shape index (κ3) is 12.4. The molecule has 0 saturated heterocycles. The minimum atomic E-state index is -1.65. The van der Waals surface area contributed by atoms with E-state index < -0.39 is 72.8 Å². The van der Waals surface area contributed by atoms with Crippen LogP contribution in [0.1, 0.15) is 38.5 Å². The van der Waals surface area contributed by atoms with Gasteiger partial charge in [-0.25, -0.2) is 4.79 Å². The molecular formula is C18H32N6O9. The quantitative estimate of drug-likeness (QED) is 0.0905. The molecule has 4 atom stereocenters. The predicted octanol–water partition coefficient (Wildman–Crippen LogP) is -4.29. The second kappa shape index (κ2) is 15.5. The molecule has 0 bridgehead atoms. The fraction of sp³-hybridized carbons (Fsp3) is 0.667. The number of rotatable bonds is 17. The fourth-order valence-electron chi connectivity index (χ4n) is 2.61. The molecule has 15 heteroatoms. The molecule has 0 aliphatic rings. The van der Waals surface area contributed by atoms with E-state index in [-0.39, 0.29) is 19.3 Å². The molecular weight excluding hydrogens is 444 g/mol. The van der Waals surface area contributed by atoms with Crippen LogP contribution in [0.3, 0.4) is 0 Å². The van der Waals surface area contributed by atoms with Crippen LogP contribution in [0.5, 0.6) is 0 Å². The van der Waals surface area contributed by atoms with Crippen molar-refractivity contribution >= 4 is 35.6 Å². The summed E-state index contributed by atoms with van der Waals surface area (Å²) in [6.45, 7) is -0.612. The Morgan fingerprint density at radius 1 is 0.788 bits per heavy atom. The van der Waals surface area contributed by atoms with Gasteiger partial charge in [0, 0.05) is 6.42 Å². The molecule has 15 nitrogen and oxygen atoms in total. The number of unbranched alkanes of at least 4 members (excludes halogenated alkanes) is 1. The number of carboxylic acid groups (broad SMARTS) is 2. The second-order valence-electron chi connectivity index (χ2n) is 7.20. The summed E-state index contributed by atoms with van der Waals surface area (Å²) in [4.78, 5) is 70.4. The van der Waals surface area contributed by atoms with E-state index in [1.807, 2.05) is 5.32 Å². The largest absolute Gasteiger partial charge is 0.481 e. The van der Waals surface area contributed by atoms with E-state index >= 15 is 0 Å². The lowest BCUT2D eigenvalue weighted by Gasteiger charge is -2.24. The Labute approximate surface area is 189 Å². The first kappa shape index (κ1) is 29.7. The van der Waals surface area contributed by atoms with Crippen LogP contribution in [0.4, 0.5) is 0 Å². The van der Waals surface area contributed by atoms with Crippen LogP contribution in [-0.2, 0) is 28.8 Å². The summed E-state index contributed by atoms with van der Waals surface area (Å²) < 4.78 is 0. The third-order valence-electron chi connectivity index (χ3n) is 4.42. The molecule has 0 saturated carbocycles. The molecule has 4 amide bonds. The van der Waals surface area contributed by atoms with Crippen molar-refractivity contribution in [3.63, 3.8) is 0 Å². The molecule has 0 aliphatic carbocycles. The lowest BCUT2D eigenvalue weighted by molar-refractivity contribution is -0.143. The minimum absolute atomic E-state index is 0.0765. The highest BCUT2D eigenvalue weighted by molar-refractivity contribution is 5.95. The van der Waals surface area contributed by atoms with Gasteiger partial charge in [-0.1, -0.05) is 0 Å². The maximum atomic E-state index is 12.8. The molecule has 0 radical (unpaired) electrons. The number of nitrogens with one attached hydrogen (secondary N) is 3. The smallest absolute Gasteiger partial charge is 0.328 e. The van der Waals surface area contributed by atoms with E-state index in [2.05, 4.69) is 10.6 Å². The molecule has 0 aromatic heterocycles. The standard InChI is InChI=1S/C18H32N6O9/c19-6-2-1-3-10(22-15(29)9(20)7-14(27)28)16(30)23-11(4-5-13(21)26)17(31)24-12(8-25)18(32)33/h9-12,25H,1-8,19-20H2,(H2,21,26)(H,22,29)(H,23,30)(H,24,31)(H,27,28)(H,32,33). The first-order valence-electron chi connectivity index (χ1n) is 10.1. The SMILES string of the molecule is NCCCCC(NC(=O)C(N)CC(=O)O)C(=O)NC(CCC(N)=O)C(=O)NC(CO)C(=O)O. The number of primary amides is 1. The normalized spacial score (nSPS) is 14.3. The van der Waals surface area contributed by atoms with E-state index in [0.717, 1.165) is 0 Å². The molecule has 4 unspecified atom stereocenters.